The number of nitrogens with one attached hydrogen (secondary N) is 1. The van der Waals surface area contributed by atoms with Crippen LogP contribution in [0.4, 0.5) is 5.69 Å². The Morgan fingerprint density at radius 1 is 0.791 bits per heavy atom. The summed E-state index contributed by atoms with van der Waals surface area (Å²) in [4.78, 5) is 51.1. The van der Waals surface area contributed by atoms with Crippen molar-refractivity contribution in [2.24, 2.45) is 11.8 Å². The third-order valence-corrected chi connectivity index (χ3v) is 10.1. The number of carbonyl (C=O) groups is 4. The lowest BCUT2D eigenvalue weighted by Crippen LogP contribution is -2.57. The molecule has 3 aromatic rings. The van der Waals surface area contributed by atoms with Crippen molar-refractivity contribution in [3.63, 3.8) is 0 Å². The van der Waals surface area contributed by atoms with Gasteiger partial charge in [-0.25, -0.2) is 4.79 Å². The molecule has 3 aromatic carbocycles. The lowest BCUT2D eigenvalue weighted by molar-refractivity contribution is -0.140. The molecule has 2 bridgehead atoms. The number of amides is 3. The van der Waals surface area contributed by atoms with Crippen LogP contribution in [0.5, 0.6) is 0 Å². The van der Waals surface area contributed by atoms with Gasteiger partial charge in [0, 0.05) is 18.7 Å². The minimum absolute atomic E-state index is 0.152. The molecule has 0 radical (unpaired) electrons. The fourth-order valence-electron chi connectivity index (χ4n) is 6.87. The van der Waals surface area contributed by atoms with Gasteiger partial charge in [0.15, 0.2) is 0 Å². The van der Waals surface area contributed by atoms with Crippen LogP contribution in [0, 0.1) is 11.8 Å². The van der Waals surface area contributed by atoms with Crippen molar-refractivity contribution in [1.82, 2.24) is 4.90 Å². The first-order valence-corrected chi connectivity index (χ1v) is 15.5. The number of imide groups is 1. The largest absolute Gasteiger partial charge is 0.462 e. The maximum absolute atomic E-state index is 13.9. The molecular formula is C34H32Cl2N2O5. The van der Waals surface area contributed by atoms with Gasteiger partial charge >= 0.3 is 5.97 Å². The maximum atomic E-state index is 13.9. The van der Waals surface area contributed by atoms with E-state index in [1.807, 2.05) is 55.5 Å². The van der Waals surface area contributed by atoms with Crippen LogP contribution in [-0.4, -0.2) is 41.7 Å². The number of unbranched alkanes of at least 4 members (excludes halogenated alkanes) is 2. The van der Waals surface area contributed by atoms with Gasteiger partial charge in [-0.15, -0.1) is 23.2 Å². The number of hydrogen-bond donors (Lipinski definition) is 1. The third kappa shape index (κ3) is 4.64. The summed E-state index contributed by atoms with van der Waals surface area (Å²) in [6.07, 6.45) is 2.83. The molecule has 4 aliphatic rings. The van der Waals surface area contributed by atoms with E-state index in [0.29, 0.717) is 37.1 Å². The second-order valence-corrected chi connectivity index (χ2v) is 12.6. The first kappa shape index (κ1) is 29.4. The van der Waals surface area contributed by atoms with Crippen molar-refractivity contribution in [1.29, 1.82) is 0 Å². The quantitative estimate of drug-likeness (QED) is 0.124. The minimum atomic E-state index is -1.18. The molecule has 7 nitrogen and oxygen atoms in total. The van der Waals surface area contributed by atoms with E-state index in [1.165, 1.54) is 4.90 Å². The first-order valence-electron chi connectivity index (χ1n) is 14.7. The summed E-state index contributed by atoms with van der Waals surface area (Å²) in [7, 11) is 0. The van der Waals surface area contributed by atoms with Crippen LogP contribution >= 0.6 is 23.2 Å². The topological polar surface area (TPSA) is 92.8 Å². The molecule has 0 aromatic heterocycles. The molecule has 3 aliphatic carbocycles. The number of nitrogens with zero attached hydrogens (tertiary/aromatic N) is 1. The van der Waals surface area contributed by atoms with E-state index in [1.54, 1.807) is 24.3 Å². The SMILES string of the molecule is CCCOC(=O)c1ccc(NC(=O)CCCCCN2C(=O)[C@@H]3[C@H](C2=O)C2(Cl)c4ccccc4C3(Cl)c3ccccc32)cc1. The van der Waals surface area contributed by atoms with Crippen LogP contribution in [0.2, 0.25) is 0 Å². The van der Waals surface area contributed by atoms with Crippen LogP contribution in [0.3, 0.4) is 0 Å². The molecule has 1 fully saturated rings. The van der Waals surface area contributed by atoms with Gasteiger partial charge < -0.3 is 10.1 Å². The van der Waals surface area contributed by atoms with E-state index in [-0.39, 0.29) is 30.7 Å². The predicted molar refractivity (Wildman–Crippen MR) is 164 cm³/mol. The van der Waals surface area contributed by atoms with E-state index in [2.05, 4.69) is 5.32 Å². The Kier molecular flexibility index (Phi) is 7.82. The number of carbonyl (C=O) groups excluding carboxylic acids is 4. The lowest BCUT2D eigenvalue weighted by Gasteiger charge is -2.54. The number of anilines is 1. The molecule has 0 saturated carbocycles. The normalized spacial score (nSPS) is 24.8. The second kappa shape index (κ2) is 11.4. The van der Waals surface area contributed by atoms with Crippen LogP contribution < -0.4 is 5.32 Å². The van der Waals surface area contributed by atoms with Gasteiger partial charge in [-0.2, -0.15) is 0 Å². The Bertz CT molecular complexity index is 1480. The molecule has 9 heteroatoms. The van der Waals surface area contributed by atoms with E-state index >= 15 is 0 Å². The number of alkyl halides is 2. The molecular weight excluding hydrogens is 587 g/mol. The standard InChI is InChI=1S/C34H32Cl2N2O5/c1-2-20-43-32(42)21-15-17-22(18-16-21)37-27(39)14-4-3-9-19-38-30(40)28-29(31(38)41)34(36)24-11-6-5-10-23(24)33(28,35)25-12-7-8-13-26(25)34/h5-8,10-13,15-18,28-29H,2-4,9,14,19-20H2,1H3,(H,37,39)/t28-,29+,33?,34?. The number of rotatable bonds is 10. The van der Waals surface area contributed by atoms with Crippen LogP contribution in [0.1, 0.15) is 71.6 Å². The van der Waals surface area contributed by atoms with Crippen molar-refractivity contribution in [3.8, 4) is 0 Å². The zero-order valence-corrected chi connectivity index (χ0v) is 25.3. The molecule has 1 aliphatic heterocycles. The molecule has 1 saturated heterocycles. The molecule has 2 atom stereocenters. The first-order chi connectivity index (χ1) is 20.7. The van der Waals surface area contributed by atoms with Gasteiger partial charge in [0.1, 0.15) is 9.75 Å². The maximum Gasteiger partial charge on any atom is 0.338 e. The zero-order valence-electron chi connectivity index (χ0n) is 23.8. The van der Waals surface area contributed by atoms with Crippen molar-refractivity contribution in [2.45, 2.75) is 48.8 Å². The predicted octanol–water partition coefficient (Wildman–Crippen LogP) is 6.35. The van der Waals surface area contributed by atoms with E-state index in [0.717, 1.165) is 28.7 Å². The number of halogens is 2. The molecule has 1 heterocycles. The molecule has 0 spiro atoms. The highest BCUT2D eigenvalue weighted by Gasteiger charge is 2.72. The Labute approximate surface area is 260 Å². The molecule has 3 amide bonds. The fourth-order valence-corrected chi connectivity index (χ4v) is 7.97. The van der Waals surface area contributed by atoms with Crippen LogP contribution in [0.25, 0.3) is 0 Å². The van der Waals surface area contributed by atoms with E-state index < -0.39 is 27.6 Å². The summed E-state index contributed by atoms with van der Waals surface area (Å²) in [5.41, 5.74) is 4.16. The minimum Gasteiger partial charge on any atom is -0.462 e. The van der Waals surface area contributed by atoms with Gasteiger partial charge in [0.05, 0.1) is 24.0 Å². The summed E-state index contributed by atoms with van der Waals surface area (Å²) in [5, 5.41) is 2.83. The molecule has 222 valence electrons. The fraction of sp³-hybridized carbons (Fsp3) is 0.353. The monoisotopic (exact) mass is 618 g/mol. The van der Waals surface area contributed by atoms with Crippen molar-refractivity contribution >= 4 is 52.6 Å². The lowest BCUT2D eigenvalue weighted by atomic mass is 9.54. The Balaban J connectivity index is 1.07. The van der Waals surface area contributed by atoms with Crippen LogP contribution in [0.15, 0.2) is 72.8 Å². The number of esters is 1. The average molecular weight is 620 g/mol. The smallest absolute Gasteiger partial charge is 0.338 e. The van der Waals surface area contributed by atoms with E-state index in [4.69, 9.17) is 27.9 Å². The summed E-state index contributed by atoms with van der Waals surface area (Å²) in [5.74, 6) is -2.72. The molecule has 43 heavy (non-hydrogen) atoms. The number of benzene rings is 3. The van der Waals surface area contributed by atoms with E-state index in [9.17, 15) is 19.2 Å². The zero-order chi connectivity index (χ0) is 30.4. The number of likely N-dealkylation sites (tertiary alicyclic amines) is 1. The molecule has 1 N–H and O–H groups in total. The highest BCUT2D eigenvalue weighted by Crippen LogP contribution is 2.69. The van der Waals surface area contributed by atoms with Crippen molar-refractivity contribution in [2.75, 3.05) is 18.5 Å². The molecule has 0 unspecified atom stereocenters. The van der Waals surface area contributed by atoms with Crippen molar-refractivity contribution < 1.29 is 23.9 Å². The van der Waals surface area contributed by atoms with Gasteiger partial charge in [-0.05, 0) is 65.8 Å². The highest BCUT2D eigenvalue weighted by atomic mass is 35.5. The Hall–Kier alpha value is -3.68. The van der Waals surface area contributed by atoms with Crippen LogP contribution in [-0.2, 0) is 28.9 Å². The number of hydrogen-bond acceptors (Lipinski definition) is 5. The summed E-state index contributed by atoms with van der Waals surface area (Å²) in [6, 6.07) is 21.8. The summed E-state index contributed by atoms with van der Waals surface area (Å²) >= 11 is 14.9. The summed E-state index contributed by atoms with van der Waals surface area (Å²) < 4.78 is 5.12. The third-order valence-electron chi connectivity index (χ3n) is 8.80. The van der Waals surface area contributed by atoms with Crippen molar-refractivity contribution in [3.05, 3.63) is 101 Å². The highest BCUT2D eigenvalue weighted by molar-refractivity contribution is 6.36. The Morgan fingerprint density at radius 3 is 1.79 bits per heavy atom. The van der Waals surface area contributed by atoms with Gasteiger partial charge in [0.2, 0.25) is 17.7 Å². The van der Waals surface area contributed by atoms with Gasteiger partial charge in [-0.3, -0.25) is 19.3 Å². The summed E-state index contributed by atoms with van der Waals surface area (Å²) in [6.45, 7) is 2.53. The second-order valence-electron chi connectivity index (χ2n) is 11.4. The average Bonchev–Trinajstić information content (AvgIpc) is 3.29. The van der Waals surface area contributed by atoms with Gasteiger partial charge in [0.25, 0.3) is 0 Å². The Morgan fingerprint density at radius 2 is 1.30 bits per heavy atom. The number of ether oxygens (including phenoxy) is 1. The van der Waals surface area contributed by atoms with Gasteiger partial charge in [-0.1, -0.05) is 61.9 Å². The molecule has 7 rings (SSSR count).